The van der Waals surface area contributed by atoms with Gasteiger partial charge in [0.25, 0.3) is 0 Å². The second-order valence-electron chi connectivity index (χ2n) is 4.74. The molecule has 0 aliphatic carbocycles. The topological polar surface area (TPSA) is 51.0 Å². The van der Waals surface area contributed by atoms with Crippen molar-refractivity contribution >= 4 is 23.5 Å². The zero-order valence-electron chi connectivity index (χ0n) is 11.3. The summed E-state index contributed by atoms with van der Waals surface area (Å²) in [5.41, 5.74) is 1.27. The van der Waals surface area contributed by atoms with E-state index in [-0.39, 0.29) is 6.04 Å². The van der Waals surface area contributed by atoms with Gasteiger partial charge in [0, 0.05) is 22.9 Å². The van der Waals surface area contributed by atoms with Crippen LogP contribution in [0.4, 0.5) is 0 Å². The monoisotopic (exact) mass is 307 g/mol. The first-order valence-corrected chi connectivity index (χ1v) is 8.78. The van der Waals surface area contributed by atoms with Gasteiger partial charge in [0.05, 0.1) is 11.8 Å². The molecule has 6 heteroatoms. The van der Waals surface area contributed by atoms with Gasteiger partial charge in [0.1, 0.15) is 0 Å². The second kappa shape index (κ2) is 6.65. The minimum atomic E-state index is 0.207. The van der Waals surface area contributed by atoms with E-state index < -0.39 is 0 Å². The molecule has 0 bridgehead atoms. The molecular weight excluding hydrogens is 290 g/mol. The highest BCUT2D eigenvalue weighted by Crippen LogP contribution is 2.24. The second-order valence-corrected chi connectivity index (χ2v) is 6.93. The maximum absolute atomic E-state index is 5.37. The van der Waals surface area contributed by atoms with Crippen LogP contribution >= 0.6 is 23.5 Å². The maximum atomic E-state index is 5.37. The van der Waals surface area contributed by atoms with E-state index in [1.54, 1.807) is 11.8 Å². The van der Waals surface area contributed by atoms with E-state index in [9.17, 15) is 0 Å². The van der Waals surface area contributed by atoms with Crippen LogP contribution in [0.25, 0.3) is 0 Å². The smallest absolute Gasteiger partial charge is 0.244 e. The molecule has 0 saturated carbocycles. The van der Waals surface area contributed by atoms with Crippen LogP contribution in [0.1, 0.15) is 23.3 Å². The molecule has 106 valence electrons. The minimum absolute atomic E-state index is 0.207. The summed E-state index contributed by atoms with van der Waals surface area (Å²) in [7, 11) is 0. The van der Waals surface area contributed by atoms with Crippen molar-refractivity contribution in [2.75, 3.05) is 18.1 Å². The molecule has 2 heterocycles. The minimum Gasteiger partial charge on any atom is -0.338 e. The first kappa shape index (κ1) is 14.0. The number of thioether (sulfide) groups is 2. The predicted octanol–water partition coefficient (Wildman–Crippen LogP) is 3.05. The van der Waals surface area contributed by atoms with Gasteiger partial charge in [-0.1, -0.05) is 22.9 Å². The highest BCUT2D eigenvalue weighted by Gasteiger charge is 2.21. The first-order valence-electron chi connectivity index (χ1n) is 6.64. The molecule has 1 saturated heterocycles. The summed E-state index contributed by atoms with van der Waals surface area (Å²) in [4.78, 5) is 5.74. The number of hydrogen-bond acceptors (Lipinski definition) is 6. The third-order valence-corrected chi connectivity index (χ3v) is 5.11. The Morgan fingerprint density at radius 1 is 1.50 bits per heavy atom. The Morgan fingerprint density at radius 2 is 2.45 bits per heavy atom. The predicted molar refractivity (Wildman–Crippen MR) is 83.1 cm³/mol. The molecule has 2 aromatic rings. The number of rotatable bonds is 4. The van der Waals surface area contributed by atoms with Gasteiger partial charge in [-0.3, -0.25) is 0 Å². The van der Waals surface area contributed by atoms with Crippen molar-refractivity contribution in [3.8, 4) is 0 Å². The van der Waals surface area contributed by atoms with Crippen LogP contribution < -0.4 is 5.32 Å². The van der Waals surface area contributed by atoms with Crippen molar-refractivity contribution < 1.29 is 4.52 Å². The molecule has 1 aliphatic heterocycles. The van der Waals surface area contributed by atoms with Gasteiger partial charge in [0.15, 0.2) is 5.82 Å². The van der Waals surface area contributed by atoms with Gasteiger partial charge in [-0.2, -0.15) is 16.7 Å². The Balaban J connectivity index is 1.59. The van der Waals surface area contributed by atoms with Gasteiger partial charge in [0.2, 0.25) is 5.89 Å². The Kier molecular flexibility index (Phi) is 4.65. The fraction of sp³-hybridized carbons (Fsp3) is 0.429. The lowest BCUT2D eigenvalue weighted by atomic mass is 10.2. The van der Waals surface area contributed by atoms with E-state index in [4.69, 9.17) is 4.52 Å². The van der Waals surface area contributed by atoms with E-state index in [0.717, 1.165) is 35.5 Å². The summed E-state index contributed by atoms with van der Waals surface area (Å²) >= 11 is 3.66. The molecule has 1 fully saturated rings. The van der Waals surface area contributed by atoms with E-state index in [0.29, 0.717) is 0 Å². The third-order valence-electron chi connectivity index (χ3n) is 3.06. The van der Waals surface area contributed by atoms with Crippen molar-refractivity contribution in [1.82, 2.24) is 15.5 Å². The number of aryl methyl sites for hydroxylation is 1. The van der Waals surface area contributed by atoms with Gasteiger partial charge < -0.3 is 9.84 Å². The summed E-state index contributed by atoms with van der Waals surface area (Å²) in [5, 5.41) is 7.48. The normalized spacial score (nSPS) is 19.1. The fourth-order valence-electron chi connectivity index (χ4n) is 2.04. The van der Waals surface area contributed by atoms with E-state index in [1.165, 1.54) is 10.5 Å². The fourth-order valence-corrected chi connectivity index (χ4v) is 3.83. The van der Waals surface area contributed by atoms with E-state index >= 15 is 0 Å². The summed E-state index contributed by atoms with van der Waals surface area (Å²) in [6.45, 7) is 3.11. The number of nitrogens with one attached hydrogen (secondary N) is 1. The van der Waals surface area contributed by atoms with Gasteiger partial charge >= 0.3 is 0 Å². The molecule has 3 rings (SSSR count). The third kappa shape index (κ3) is 3.56. The molecule has 1 aromatic carbocycles. The SMILES string of the molecule is Cc1cccc(SCc2noc(C3CSCCN3)n2)c1. The zero-order chi connectivity index (χ0) is 13.8. The Hall–Kier alpha value is -0.980. The molecule has 0 radical (unpaired) electrons. The molecule has 1 aliphatic rings. The summed E-state index contributed by atoms with van der Waals surface area (Å²) in [6, 6.07) is 8.66. The van der Waals surface area contributed by atoms with Crippen molar-refractivity contribution in [3.05, 3.63) is 41.5 Å². The van der Waals surface area contributed by atoms with Crippen molar-refractivity contribution in [3.63, 3.8) is 0 Å². The zero-order valence-corrected chi connectivity index (χ0v) is 13.0. The van der Waals surface area contributed by atoms with Gasteiger partial charge in [-0.15, -0.1) is 11.8 Å². The summed E-state index contributed by atoms with van der Waals surface area (Å²) < 4.78 is 5.37. The Bertz CT molecular complexity index is 567. The van der Waals surface area contributed by atoms with Crippen LogP contribution in [0.2, 0.25) is 0 Å². The van der Waals surface area contributed by atoms with Crippen LogP contribution in [-0.4, -0.2) is 28.2 Å². The summed E-state index contributed by atoms with van der Waals surface area (Å²) in [5.74, 6) is 4.39. The maximum Gasteiger partial charge on any atom is 0.244 e. The van der Waals surface area contributed by atoms with E-state index in [2.05, 4.69) is 46.6 Å². The molecule has 20 heavy (non-hydrogen) atoms. The van der Waals surface area contributed by atoms with E-state index in [1.807, 2.05) is 11.8 Å². The average molecular weight is 307 g/mol. The highest BCUT2D eigenvalue weighted by molar-refractivity contribution is 7.99. The number of hydrogen-bond donors (Lipinski definition) is 1. The lowest BCUT2D eigenvalue weighted by molar-refractivity contribution is 0.339. The Morgan fingerprint density at radius 3 is 3.25 bits per heavy atom. The van der Waals surface area contributed by atoms with Crippen molar-refractivity contribution in [1.29, 1.82) is 0 Å². The molecular formula is C14H17N3OS2. The first-order chi connectivity index (χ1) is 9.81. The number of aromatic nitrogens is 2. The highest BCUT2D eigenvalue weighted by atomic mass is 32.2. The van der Waals surface area contributed by atoms with Crippen LogP contribution in [0.5, 0.6) is 0 Å². The average Bonchev–Trinajstić information content (AvgIpc) is 2.95. The van der Waals surface area contributed by atoms with Crippen molar-refractivity contribution in [2.24, 2.45) is 0 Å². The molecule has 1 unspecified atom stereocenters. The van der Waals surface area contributed by atoms with Crippen LogP contribution in [0.15, 0.2) is 33.7 Å². The van der Waals surface area contributed by atoms with Crippen LogP contribution in [-0.2, 0) is 5.75 Å². The number of benzene rings is 1. The molecule has 1 aromatic heterocycles. The lowest BCUT2D eigenvalue weighted by Gasteiger charge is -2.19. The molecule has 0 spiro atoms. The standard InChI is InChI=1S/C14H17N3OS2/c1-10-3-2-4-11(7-10)20-9-13-16-14(18-17-13)12-8-19-6-5-15-12/h2-4,7,12,15H,5-6,8-9H2,1H3. The largest absolute Gasteiger partial charge is 0.338 e. The Labute approximate surface area is 127 Å². The van der Waals surface area contributed by atoms with Gasteiger partial charge in [-0.25, -0.2) is 0 Å². The van der Waals surface area contributed by atoms with Crippen LogP contribution in [0.3, 0.4) is 0 Å². The molecule has 4 nitrogen and oxygen atoms in total. The van der Waals surface area contributed by atoms with Gasteiger partial charge in [-0.05, 0) is 19.1 Å². The quantitative estimate of drug-likeness (QED) is 0.876. The van der Waals surface area contributed by atoms with Crippen LogP contribution in [0, 0.1) is 6.92 Å². The molecule has 1 atom stereocenters. The molecule has 0 amide bonds. The summed E-state index contributed by atoms with van der Waals surface area (Å²) in [6.07, 6.45) is 0. The van der Waals surface area contributed by atoms with Crippen molar-refractivity contribution in [2.45, 2.75) is 23.6 Å². The molecule has 1 N–H and O–H groups in total. The number of nitrogens with zero attached hydrogens (tertiary/aromatic N) is 2. The lowest BCUT2D eigenvalue weighted by Crippen LogP contribution is -2.30.